The van der Waals surface area contributed by atoms with Gasteiger partial charge in [0.15, 0.2) is 0 Å². The molecular weight excluding hydrogens is 376 g/mol. The molecule has 0 aliphatic carbocycles. The summed E-state index contributed by atoms with van der Waals surface area (Å²) in [5.41, 5.74) is 1.87. The van der Waals surface area contributed by atoms with Gasteiger partial charge in [0.1, 0.15) is 17.2 Å². The highest BCUT2D eigenvalue weighted by atomic mass is 16.5. The number of amides is 1. The molecule has 0 spiro atoms. The quantitative estimate of drug-likeness (QED) is 0.480. The van der Waals surface area contributed by atoms with Crippen LogP contribution in [-0.2, 0) is 0 Å². The zero-order valence-corrected chi connectivity index (χ0v) is 16.4. The van der Waals surface area contributed by atoms with Crippen molar-refractivity contribution in [2.24, 2.45) is 0 Å². The highest BCUT2D eigenvalue weighted by Crippen LogP contribution is 2.23. The van der Waals surface area contributed by atoms with Gasteiger partial charge in [0.25, 0.3) is 5.91 Å². The van der Waals surface area contributed by atoms with Crippen LogP contribution in [0, 0.1) is 0 Å². The predicted octanol–water partition coefficient (Wildman–Crippen LogP) is 5.29. The molecule has 0 saturated carbocycles. The smallest absolute Gasteiger partial charge is 0.274 e. The molecule has 0 bridgehead atoms. The van der Waals surface area contributed by atoms with Gasteiger partial charge in [0.2, 0.25) is 5.95 Å². The first-order valence-corrected chi connectivity index (χ1v) is 9.45. The summed E-state index contributed by atoms with van der Waals surface area (Å²) in [5, 5.41) is 2.85. The van der Waals surface area contributed by atoms with Gasteiger partial charge in [0.05, 0.1) is 0 Å². The Balaban J connectivity index is 1.44. The van der Waals surface area contributed by atoms with Crippen molar-refractivity contribution in [3.05, 3.63) is 103 Å². The fourth-order valence-corrected chi connectivity index (χ4v) is 2.83. The summed E-state index contributed by atoms with van der Waals surface area (Å²) in [6, 6.07) is 28.0. The lowest BCUT2D eigenvalue weighted by Gasteiger charge is -2.17. The number of carbonyl (C=O) groups excluding carboxylic acids is 1. The van der Waals surface area contributed by atoms with Crippen molar-refractivity contribution in [2.45, 2.75) is 0 Å². The third-order valence-corrected chi connectivity index (χ3v) is 4.41. The van der Waals surface area contributed by atoms with Crippen LogP contribution < -0.4 is 15.0 Å². The first-order valence-electron chi connectivity index (χ1n) is 9.45. The Kier molecular flexibility index (Phi) is 5.66. The van der Waals surface area contributed by atoms with Crippen LogP contribution in [0.15, 0.2) is 97.2 Å². The molecule has 30 heavy (non-hydrogen) atoms. The number of anilines is 3. The Morgan fingerprint density at radius 1 is 0.833 bits per heavy atom. The Labute approximate surface area is 174 Å². The lowest BCUT2D eigenvalue weighted by molar-refractivity contribution is 0.102. The maximum atomic E-state index is 12.7. The summed E-state index contributed by atoms with van der Waals surface area (Å²) in [6.07, 6.45) is 1.58. The van der Waals surface area contributed by atoms with Gasteiger partial charge in [-0.05, 0) is 54.6 Å². The molecule has 4 rings (SSSR count). The molecule has 6 nitrogen and oxygen atoms in total. The number of aromatic nitrogens is 2. The van der Waals surface area contributed by atoms with E-state index in [4.69, 9.17) is 4.74 Å². The molecule has 148 valence electrons. The highest BCUT2D eigenvalue weighted by Gasteiger charge is 2.12. The highest BCUT2D eigenvalue weighted by molar-refractivity contribution is 6.03. The minimum absolute atomic E-state index is 0.285. The fraction of sp³-hybridized carbons (Fsp3) is 0.0417. The first kappa shape index (κ1) is 19.1. The number of rotatable bonds is 6. The summed E-state index contributed by atoms with van der Waals surface area (Å²) >= 11 is 0. The van der Waals surface area contributed by atoms with Crippen molar-refractivity contribution < 1.29 is 9.53 Å². The van der Waals surface area contributed by atoms with Crippen molar-refractivity contribution in [3.63, 3.8) is 0 Å². The molecule has 1 amide bonds. The average Bonchev–Trinajstić information content (AvgIpc) is 2.81. The zero-order valence-electron chi connectivity index (χ0n) is 16.4. The van der Waals surface area contributed by atoms with Crippen LogP contribution in [0.25, 0.3) is 0 Å². The van der Waals surface area contributed by atoms with E-state index < -0.39 is 0 Å². The number of ether oxygens (including phenoxy) is 1. The van der Waals surface area contributed by atoms with Gasteiger partial charge in [0, 0.05) is 24.6 Å². The third-order valence-electron chi connectivity index (χ3n) is 4.41. The number of carbonyl (C=O) groups is 1. The molecule has 3 aromatic carbocycles. The lowest BCUT2D eigenvalue weighted by Crippen LogP contribution is -2.18. The van der Waals surface area contributed by atoms with Crippen LogP contribution in [0.3, 0.4) is 0 Å². The largest absolute Gasteiger partial charge is 0.457 e. The van der Waals surface area contributed by atoms with Gasteiger partial charge in [-0.3, -0.25) is 4.79 Å². The summed E-state index contributed by atoms with van der Waals surface area (Å²) in [5.74, 6) is 1.58. The minimum Gasteiger partial charge on any atom is -0.457 e. The van der Waals surface area contributed by atoms with Crippen LogP contribution in [0.4, 0.5) is 17.3 Å². The molecule has 0 aliphatic rings. The van der Waals surface area contributed by atoms with Gasteiger partial charge in [-0.25, -0.2) is 9.97 Å². The molecule has 0 radical (unpaired) electrons. The summed E-state index contributed by atoms with van der Waals surface area (Å²) in [6.45, 7) is 0. The number of para-hydroxylation sites is 2. The van der Waals surface area contributed by atoms with E-state index in [1.54, 1.807) is 36.5 Å². The minimum atomic E-state index is -0.308. The van der Waals surface area contributed by atoms with Gasteiger partial charge in [-0.2, -0.15) is 0 Å². The molecule has 0 atom stereocenters. The second-order valence-electron chi connectivity index (χ2n) is 6.53. The number of hydrogen-bond acceptors (Lipinski definition) is 5. The van der Waals surface area contributed by atoms with Crippen LogP contribution in [0.5, 0.6) is 11.5 Å². The first-order chi connectivity index (χ1) is 14.7. The molecule has 0 aliphatic heterocycles. The second kappa shape index (κ2) is 8.87. The molecular formula is C24H20N4O2. The van der Waals surface area contributed by atoms with Gasteiger partial charge in [-0.15, -0.1) is 0 Å². The van der Waals surface area contributed by atoms with Gasteiger partial charge in [-0.1, -0.05) is 36.4 Å². The summed E-state index contributed by atoms with van der Waals surface area (Å²) < 4.78 is 5.77. The molecule has 0 unspecified atom stereocenters. The molecule has 0 fully saturated rings. The van der Waals surface area contributed by atoms with Gasteiger partial charge < -0.3 is 15.0 Å². The predicted molar refractivity (Wildman–Crippen MR) is 117 cm³/mol. The van der Waals surface area contributed by atoms with E-state index in [9.17, 15) is 4.79 Å². The van der Waals surface area contributed by atoms with E-state index in [1.807, 2.05) is 72.6 Å². The van der Waals surface area contributed by atoms with E-state index in [0.717, 1.165) is 11.4 Å². The van der Waals surface area contributed by atoms with Gasteiger partial charge >= 0.3 is 0 Å². The van der Waals surface area contributed by atoms with Crippen LogP contribution in [0.2, 0.25) is 0 Å². The molecule has 1 heterocycles. The Morgan fingerprint density at radius 3 is 2.17 bits per heavy atom. The number of nitrogens with zero attached hydrogens (tertiary/aromatic N) is 3. The van der Waals surface area contributed by atoms with E-state index in [2.05, 4.69) is 15.3 Å². The normalized spacial score (nSPS) is 10.3. The fourth-order valence-electron chi connectivity index (χ4n) is 2.83. The number of hydrogen-bond donors (Lipinski definition) is 1. The SMILES string of the molecule is CN(c1ccccc1)c1nccc(C(=O)Nc2ccc(Oc3ccccc3)cc2)n1. The number of benzene rings is 3. The van der Waals surface area contributed by atoms with Crippen molar-refractivity contribution in [1.29, 1.82) is 0 Å². The molecule has 1 N–H and O–H groups in total. The van der Waals surface area contributed by atoms with Crippen molar-refractivity contribution in [2.75, 3.05) is 17.3 Å². The van der Waals surface area contributed by atoms with E-state index >= 15 is 0 Å². The van der Waals surface area contributed by atoms with Crippen LogP contribution in [0.1, 0.15) is 10.5 Å². The maximum absolute atomic E-state index is 12.7. The van der Waals surface area contributed by atoms with Crippen molar-refractivity contribution in [3.8, 4) is 11.5 Å². The molecule has 4 aromatic rings. The number of nitrogens with one attached hydrogen (secondary N) is 1. The Hall–Kier alpha value is -4.19. The summed E-state index contributed by atoms with van der Waals surface area (Å²) in [4.78, 5) is 23.1. The van der Waals surface area contributed by atoms with E-state index in [1.165, 1.54) is 0 Å². The van der Waals surface area contributed by atoms with Crippen LogP contribution in [-0.4, -0.2) is 22.9 Å². The molecule has 6 heteroatoms. The molecule has 0 saturated heterocycles. The van der Waals surface area contributed by atoms with E-state index in [0.29, 0.717) is 17.4 Å². The zero-order chi connectivity index (χ0) is 20.8. The second-order valence-corrected chi connectivity index (χ2v) is 6.53. The maximum Gasteiger partial charge on any atom is 0.274 e. The lowest BCUT2D eigenvalue weighted by atomic mass is 10.2. The van der Waals surface area contributed by atoms with Crippen molar-refractivity contribution >= 4 is 23.2 Å². The van der Waals surface area contributed by atoms with E-state index in [-0.39, 0.29) is 11.6 Å². The monoisotopic (exact) mass is 396 g/mol. The average molecular weight is 396 g/mol. The Morgan fingerprint density at radius 2 is 1.47 bits per heavy atom. The topological polar surface area (TPSA) is 67.4 Å². The van der Waals surface area contributed by atoms with Crippen LogP contribution >= 0.6 is 0 Å². The summed E-state index contributed by atoms with van der Waals surface area (Å²) in [7, 11) is 1.86. The van der Waals surface area contributed by atoms with Crippen molar-refractivity contribution in [1.82, 2.24) is 9.97 Å². The standard InChI is InChI=1S/C24H20N4O2/c1-28(19-8-4-2-5-9-19)24-25-17-16-22(27-24)23(29)26-18-12-14-21(15-13-18)30-20-10-6-3-7-11-20/h2-17H,1H3,(H,26,29). The Bertz CT molecular complexity index is 1120. The third kappa shape index (κ3) is 4.62. The molecule has 1 aromatic heterocycles.